The topological polar surface area (TPSA) is 91.6 Å². The molecule has 2 N–H and O–H groups in total. The van der Waals surface area contributed by atoms with E-state index in [9.17, 15) is 4.79 Å². The van der Waals surface area contributed by atoms with E-state index in [4.69, 9.17) is 19.8 Å². The fourth-order valence-corrected chi connectivity index (χ4v) is 2.12. The van der Waals surface area contributed by atoms with Crippen molar-refractivity contribution >= 4 is 17.7 Å². The molecule has 0 saturated heterocycles. The Morgan fingerprint density at radius 2 is 2.12 bits per heavy atom. The summed E-state index contributed by atoms with van der Waals surface area (Å²) in [5.41, 5.74) is 2.08. The van der Waals surface area contributed by atoms with Crippen LogP contribution in [0.25, 0.3) is 6.08 Å². The van der Waals surface area contributed by atoms with E-state index < -0.39 is 0 Å². The monoisotopic (exact) mass is 338 g/mol. The first-order chi connectivity index (χ1) is 12.2. The number of rotatable bonds is 7. The second-order valence-electron chi connectivity index (χ2n) is 5.04. The minimum absolute atomic E-state index is 0.0686. The molecular formula is C19H18N2O4. The lowest BCUT2D eigenvalue weighted by atomic mass is 10.2. The van der Waals surface area contributed by atoms with Crippen LogP contribution in [0.3, 0.4) is 0 Å². The van der Waals surface area contributed by atoms with Crippen LogP contribution in [-0.2, 0) is 11.4 Å². The third-order valence-corrected chi connectivity index (χ3v) is 3.28. The standard InChI is InChI=1S/C19H18N2O4/c1-24-18-12-14(5-7-17(18)25-10-9-20)6-8-19(23)21-16-4-2-3-15(11-16)13-22/h2-8,11-12,22H,10,13H2,1H3,(H,21,23)/b8-6+. The van der Waals surface area contributed by atoms with Crippen LogP contribution in [0.1, 0.15) is 11.1 Å². The maximum absolute atomic E-state index is 12.0. The molecule has 0 bridgehead atoms. The average molecular weight is 338 g/mol. The number of carbonyl (C=O) groups is 1. The van der Waals surface area contributed by atoms with Crippen LogP contribution in [0.4, 0.5) is 5.69 Å². The van der Waals surface area contributed by atoms with Gasteiger partial charge in [-0.15, -0.1) is 0 Å². The van der Waals surface area contributed by atoms with Crippen LogP contribution in [0.5, 0.6) is 11.5 Å². The number of nitrogens with zero attached hydrogens (tertiary/aromatic N) is 1. The molecule has 128 valence electrons. The molecule has 2 aromatic carbocycles. The molecule has 0 aliphatic heterocycles. The smallest absolute Gasteiger partial charge is 0.248 e. The first kappa shape index (κ1) is 18.0. The molecule has 6 nitrogen and oxygen atoms in total. The van der Waals surface area contributed by atoms with Crippen LogP contribution in [-0.4, -0.2) is 24.7 Å². The zero-order chi connectivity index (χ0) is 18.1. The van der Waals surface area contributed by atoms with Crippen molar-refractivity contribution in [3.05, 3.63) is 59.7 Å². The number of carbonyl (C=O) groups excluding carboxylic acids is 1. The molecule has 0 spiro atoms. The Hall–Kier alpha value is -3.30. The van der Waals surface area contributed by atoms with Gasteiger partial charge < -0.3 is 19.9 Å². The van der Waals surface area contributed by atoms with Crippen molar-refractivity contribution < 1.29 is 19.4 Å². The molecule has 0 heterocycles. The Morgan fingerprint density at radius 1 is 1.28 bits per heavy atom. The number of nitriles is 1. The van der Waals surface area contributed by atoms with E-state index >= 15 is 0 Å². The van der Waals surface area contributed by atoms with Crippen molar-refractivity contribution in [1.82, 2.24) is 0 Å². The summed E-state index contributed by atoms with van der Waals surface area (Å²) in [6, 6.07) is 14.0. The third-order valence-electron chi connectivity index (χ3n) is 3.28. The van der Waals surface area contributed by atoms with Gasteiger partial charge in [0.15, 0.2) is 18.1 Å². The van der Waals surface area contributed by atoms with E-state index in [0.29, 0.717) is 17.2 Å². The number of benzene rings is 2. The van der Waals surface area contributed by atoms with E-state index in [1.54, 1.807) is 48.5 Å². The lowest BCUT2D eigenvalue weighted by molar-refractivity contribution is -0.111. The molecule has 0 aliphatic rings. The van der Waals surface area contributed by atoms with E-state index in [0.717, 1.165) is 11.1 Å². The molecule has 1 amide bonds. The summed E-state index contributed by atoms with van der Waals surface area (Å²) < 4.78 is 10.5. The molecule has 0 fully saturated rings. The van der Waals surface area contributed by atoms with Gasteiger partial charge in [0.25, 0.3) is 0 Å². The highest BCUT2D eigenvalue weighted by Crippen LogP contribution is 2.28. The first-order valence-corrected chi connectivity index (χ1v) is 7.53. The first-order valence-electron chi connectivity index (χ1n) is 7.53. The Morgan fingerprint density at radius 3 is 2.84 bits per heavy atom. The van der Waals surface area contributed by atoms with Crippen molar-refractivity contribution in [2.45, 2.75) is 6.61 Å². The minimum Gasteiger partial charge on any atom is -0.493 e. The normalized spacial score (nSPS) is 10.3. The van der Waals surface area contributed by atoms with Gasteiger partial charge in [-0.2, -0.15) is 5.26 Å². The number of aliphatic hydroxyl groups excluding tert-OH is 1. The molecule has 2 rings (SSSR count). The van der Waals surface area contributed by atoms with Crippen LogP contribution in [0.2, 0.25) is 0 Å². The third kappa shape index (κ3) is 5.37. The summed E-state index contributed by atoms with van der Waals surface area (Å²) in [5.74, 6) is 0.652. The number of ether oxygens (including phenoxy) is 2. The van der Waals surface area contributed by atoms with Gasteiger partial charge in [-0.1, -0.05) is 18.2 Å². The highest BCUT2D eigenvalue weighted by Gasteiger charge is 2.05. The second-order valence-corrected chi connectivity index (χ2v) is 5.04. The van der Waals surface area contributed by atoms with Gasteiger partial charge in [0, 0.05) is 11.8 Å². The van der Waals surface area contributed by atoms with Crippen LogP contribution < -0.4 is 14.8 Å². The van der Waals surface area contributed by atoms with Gasteiger partial charge >= 0.3 is 0 Å². The van der Waals surface area contributed by atoms with E-state index in [2.05, 4.69) is 5.32 Å². The van der Waals surface area contributed by atoms with Crippen molar-refractivity contribution in [3.63, 3.8) is 0 Å². The summed E-state index contributed by atoms with van der Waals surface area (Å²) in [4.78, 5) is 12.0. The minimum atomic E-state index is -0.293. The average Bonchev–Trinajstić information content (AvgIpc) is 2.65. The Labute approximate surface area is 145 Å². The fourth-order valence-electron chi connectivity index (χ4n) is 2.12. The summed E-state index contributed by atoms with van der Waals surface area (Å²) in [5, 5.41) is 20.4. The molecule has 0 aromatic heterocycles. The molecule has 0 unspecified atom stereocenters. The van der Waals surface area contributed by atoms with E-state index in [1.807, 2.05) is 6.07 Å². The van der Waals surface area contributed by atoms with E-state index in [1.165, 1.54) is 13.2 Å². The Balaban J connectivity index is 2.05. The van der Waals surface area contributed by atoms with Crippen LogP contribution in [0, 0.1) is 11.3 Å². The lowest BCUT2D eigenvalue weighted by Gasteiger charge is -2.08. The number of anilines is 1. The van der Waals surface area contributed by atoms with Crippen molar-refractivity contribution in [3.8, 4) is 17.6 Å². The SMILES string of the molecule is COc1cc(/C=C/C(=O)Nc2cccc(CO)c2)ccc1OCC#N. The van der Waals surface area contributed by atoms with Gasteiger partial charge in [-0.25, -0.2) is 0 Å². The summed E-state index contributed by atoms with van der Waals surface area (Å²) >= 11 is 0. The molecule has 25 heavy (non-hydrogen) atoms. The molecule has 0 aliphatic carbocycles. The van der Waals surface area contributed by atoms with Crippen molar-refractivity contribution in [1.29, 1.82) is 5.26 Å². The van der Waals surface area contributed by atoms with Crippen molar-refractivity contribution in [2.75, 3.05) is 19.0 Å². The predicted molar refractivity (Wildman–Crippen MR) is 94.1 cm³/mol. The maximum Gasteiger partial charge on any atom is 0.248 e. The van der Waals surface area contributed by atoms with E-state index in [-0.39, 0.29) is 19.1 Å². The number of hydrogen-bond donors (Lipinski definition) is 2. The lowest BCUT2D eigenvalue weighted by Crippen LogP contribution is -2.07. The number of amides is 1. The summed E-state index contributed by atoms with van der Waals surface area (Å²) in [6.07, 6.45) is 3.04. The molecule has 0 radical (unpaired) electrons. The van der Waals surface area contributed by atoms with Gasteiger partial charge in [-0.3, -0.25) is 4.79 Å². The summed E-state index contributed by atoms with van der Waals surface area (Å²) in [7, 11) is 1.50. The predicted octanol–water partition coefficient (Wildman–Crippen LogP) is 2.74. The zero-order valence-corrected chi connectivity index (χ0v) is 13.7. The van der Waals surface area contributed by atoms with Gasteiger partial charge in [0.05, 0.1) is 13.7 Å². The molecule has 0 atom stereocenters. The maximum atomic E-state index is 12.0. The quantitative estimate of drug-likeness (QED) is 0.758. The van der Waals surface area contributed by atoms with Gasteiger partial charge in [0.2, 0.25) is 5.91 Å². The largest absolute Gasteiger partial charge is 0.493 e. The number of hydrogen-bond acceptors (Lipinski definition) is 5. The van der Waals surface area contributed by atoms with Crippen LogP contribution >= 0.6 is 0 Å². The Kier molecular flexibility index (Phi) is 6.57. The highest BCUT2D eigenvalue weighted by molar-refractivity contribution is 6.02. The van der Waals surface area contributed by atoms with Gasteiger partial charge in [-0.05, 0) is 41.5 Å². The number of aliphatic hydroxyl groups is 1. The van der Waals surface area contributed by atoms with Gasteiger partial charge in [0.1, 0.15) is 6.07 Å². The molecule has 2 aromatic rings. The zero-order valence-electron chi connectivity index (χ0n) is 13.7. The molecular weight excluding hydrogens is 320 g/mol. The van der Waals surface area contributed by atoms with Crippen molar-refractivity contribution in [2.24, 2.45) is 0 Å². The second kappa shape index (κ2) is 9.11. The molecule has 6 heteroatoms. The number of methoxy groups -OCH3 is 1. The fraction of sp³-hybridized carbons (Fsp3) is 0.158. The summed E-state index contributed by atoms with van der Waals surface area (Å²) in [6.45, 7) is -0.152. The molecule has 0 saturated carbocycles. The van der Waals surface area contributed by atoms with Crippen LogP contribution in [0.15, 0.2) is 48.5 Å². The Bertz CT molecular complexity index is 809. The highest BCUT2D eigenvalue weighted by atomic mass is 16.5. The number of nitrogens with one attached hydrogen (secondary N) is 1.